The summed E-state index contributed by atoms with van der Waals surface area (Å²) in [5, 5.41) is 3.68. The second kappa shape index (κ2) is 7.20. The summed E-state index contributed by atoms with van der Waals surface area (Å²) in [7, 11) is 0. The van der Waals surface area contributed by atoms with Crippen molar-refractivity contribution in [1.82, 2.24) is 9.97 Å². The minimum absolute atomic E-state index is 0.559. The Bertz CT molecular complexity index is 659. The van der Waals surface area contributed by atoms with E-state index in [0.29, 0.717) is 6.04 Å². The van der Waals surface area contributed by atoms with Crippen LogP contribution in [0.2, 0.25) is 0 Å². The van der Waals surface area contributed by atoms with E-state index < -0.39 is 0 Å². The van der Waals surface area contributed by atoms with E-state index in [9.17, 15) is 0 Å². The number of hydrogen-bond donors (Lipinski definition) is 1. The summed E-state index contributed by atoms with van der Waals surface area (Å²) in [5.74, 6) is 1.87. The van der Waals surface area contributed by atoms with Crippen LogP contribution in [0.3, 0.4) is 0 Å². The zero-order valence-corrected chi connectivity index (χ0v) is 14.2. The van der Waals surface area contributed by atoms with Crippen LogP contribution < -0.4 is 10.2 Å². The van der Waals surface area contributed by atoms with Gasteiger partial charge in [0, 0.05) is 30.8 Å². The third kappa shape index (κ3) is 3.53. The molecule has 4 rings (SSSR count). The van der Waals surface area contributed by atoms with Crippen LogP contribution in [0.4, 0.5) is 11.8 Å². The molecule has 1 aliphatic heterocycles. The van der Waals surface area contributed by atoms with Crippen LogP contribution in [0, 0.1) is 0 Å². The lowest BCUT2D eigenvalue weighted by Gasteiger charge is -2.24. The molecule has 1 saturated heterocycles. The van der Waals surface area contributed by atoms with Crippen LogP contribution in [-0.4, -0.2) is 29.1 Å². The van der Waals surface area contributed by atoms with Crippen molar-refractivity contribution in [3.8, 4) is 11.3 Å². The van der Waals surface area contributed by atoms with Crippen LogP contribution in [0.5, 0.6) is 0 Å². The second-order valence-electron chi connectivity index (χ2n) is 6.98. The Hall–Kier alpha value is -2.10. The predicted molar refractivity (Wildman–Crippen MR) is 99.4 cm³/mol. The summed E-state index contributed by atoms with van der Waals surface area (Å²) in [6.07, 6.45) is 9.01. The van der Waals surface area contributed by atoms with Crippen molar-refractivity contribution in [3.05, 3.63) is 36.4 Å². The molecular formula is C20H26N4. The Labute approximate surface area is 144 Å². The van der Waals surface area contributed by atoms with Crippen LogP contribution in [0.25, 0.3) is 11.3 Å². The molecule has 126 valence electrons. The molecule has 1 N–H and O–H groups in total. The van der Waals surface area contributed by atoms with Crippen molar-refractivity contribution < 1.29 is 0 Å². The maximum Gasteiger partial charge on any atom is 0.227 e. The molecule has 0 spiro atoms. The highest BCUT2D eigenvalue weighted by Crippen LogP contribution is 2.27. The summed E-state index contributed by atoms with van der Waals surface area (Å²) >= 11 is 0. The van der Waals surface area contributed by atoms with Crippen molar-refractivity contribution in [1.29, 1.82) is 0 Å². The minimum Gasteiger partial charge on any atom is -0.367 e. The van der Waals surface area contributed by atoms with Crippen LogP contribution >= 0.6 is 0 Å². The molecule has 0 amide bonds. The molecule has 2 aromatic rings. The van der Waals surface area contributed by atoms with E-state index in [2.05, 4.69) is 40.5 Å². The number of anilines is 2. The summed E-state index contributed by atoms with van der Waals surface area (Å²) in [6, 6.07) is 13.1. The fraction of sp³-hybridized carbons (Fsp3) is 0.500. The molecular weight excluding hydrogens is 296 g/mol. The van der Waals surface area contributed by atoms with E-state index in [1.807, 2.05) is 6.07 Å². The summed E-state index contributed by atoms with van der Waals surface area (Å²) in [4.78, 5) is 12.0. The van der Waals surface area contributed by atoms with Gasteiger partial charge in [-0.1, -0.05) is 49.6 Å². The largest absolute Gasteiger partial charge is 0.367 e. The van der Waals surface area contributed by atoms with Crippen molar-refractivity contribution in [2.24, 2.45) is 0 Å². The third-order valence-electron chi connectivity index (χ3n) is 5.13. The van der Waals surface area contributed by atoms with Gasteiger partial charge < -0.3 is 10.2 Å². The highest BCUT2D eigenvalue weighted by molar-refractivity contribution is 5.64. The summed E-state index contributed by atoms with van der Waals surface area (Å²) in [6.45, 7) is 2.14. The number of nitrogens with zero attached hydrogens (tertiary/aromatic N) is 3. The van der Waals surface area contributed by atoms with E-state index in [1.165, 1.54) is 44.9 Å². The first-order valence-electron chi connectivity index (χ1n) is 9.34. The molecule has 1 saturated carbocycles. The molecule has 1 aliphatic carbocycles. The zero-order valence-electron chi connectivity index (χ0n) is 14.2. The number of benzene rings is 1. The lowest BCUT2D eigenvalue weighted by atomic mass is 9.95. The molecule has 2 aliphatic rings. The Morgan fingerprint density at radius 2 is 1.62 bits per heavy atom. The van der Waals surface area contributed by atoms with E-state index >= 15 is 0 Å². The average molecular weight is 322 g/mol. The maximum atomic E-state index is 4.85. The zero-order chi connectivity index (χ0) is 16.2. The van der Waals surface area contributed by atoms with E-state index in [4.69, 9.17) is 9.97 Å². The topological polar surface area (TPSA) is 41.1 Å². The first kappa shape index (κ1) is 15.4. The van der Waals surface area contributed by atoms with Gasteiger partial charge in [0.05, 0.1) is 5.69 Å². The molecule has 0 bridgehead atoms. The van der Waals surface area contributed by atoms with E-state index in [0.717, 1.165) is 36.1 Å². The summed E-state index contributed by atoms with van der Waals surface area (Å²) in [5.41, 5.74) is 2.18. The molecule has 1 aromatic heterocycles. The smallest absolute Gasteiger partial charge is 0.227 e. The van der Waals surface area contributed by atoms with Gasteiger partial charge in [-0.2, -0.15) is 4.98 Å². The van der Waals surface area contributed by atoms with Crippen molar-refractivity contribution in [2.75, 3.05) is 23.3 Å². The van der Waals surface area contributed by atoms with Gasteiger partial charge in [0.15, 0.2) is 0 Å². The van der Waals surface area contributed by atoms with E-state index in [-0.39, 0.29) is 0 Å². The fourth-order valence-electron chi connectivity index (χ4n) is 3.78. The number of rotatable bonds is 4. The maximum absolute atomic E-state index is 4.85. The lowest BCUT2D eigenvalue weighted by molar-refractivity contribution is 0.462. The van der Waals surface area contributed by atoms with Gasteiger partial charge in [-0.25, -0.2) is 4.98 Å². The first-order valence-corrected chi connectivity index (χ1v) is 9.34. The van der Waals surface area contributed by atoms with Gasteiger partial charge in [-0.05, 0) is 25.7 Å². The molecule has 0 unspecified atom stereocenters. The molecule has 2 fully saturated rings. The van der Waals surface area contributed by atoms with Gasteiger partial charge in [-0.3, -0.25) is 0 Å². The minimum atomic E-state index is 0.559. The van der Waals surface area contributed by atoms with Crippen molar-refractivity contribution in [2.45, 2.75) is 51.0 Å². The normalized spacial score (nSPS) is 18.8. The Morgan fingerprint density at radius 3 is 2.38 bits per heavy atom. The first-order chi connectivity index (χ1) is 11.9. The summed E-state index contributed by atoms with van der Waals surface area (Å²) < 4.78 is 0. The van der Waals surface area contributed by atoms with Gasteiger partial charge in [0.25, 0.3) is 0 Å². The Kier molecular flexibility index (Phi) is 4.63. The lowest BCUT2D eigenvalue weighted by Crippen LogP contribution is -2.25. The predicted octanol–water partition coefficient (Wildman–Crippen LogP) is 4.49. The van der Waals surface area contributed by atoms with Crippen LogP contribution in [0.15, 0.2) is 36.4 Å². The van der Waals surface area contributed by atoms with Gasteiger partial charge in [0.2, 0.25) is 5.95 Å². The molecule has 2 heterocycles. The number of nitrogens with one attached hydrogen (secondary N) is 1. The third-order valence-corrected chi connectivity index (χ3v) is 5.13. The van der Waals surface area contributed by atoms with Crippen molar-refractivity contribution in [3.63, 3.8) is 0 Å². The van der Waals surface area contributed by atoms with Gasteiger partial charge in [-0.15, -0.1) is 0 Å². The fourth-order valence-corrected chi connectivity index (χ4v) is 3.78. The van der Waals surface area contributed by atoms with Gasteiger partial charge in [0.1, 0.15) is 5.82 Å². The molecule has 24 heavy (non-hydrogen) atoms. The highest BCUT2D eigenvalue weighted by Gasteiger charge is 2.19. The standard InChI is InChI=1S/C20H26N4/c1-3-9-16(10-4-1)18-15-19(21-17-11-5-2-6-12-17)23-20(22-18)24-13-7-8-14-24/h1,3-4,9-10,15,17H,2,5-8,11-14H2,(H,21,22,23). The Balaban J connectivity index is 1.65. The molecule has 0 atom stereocenters. The van der Waals surface area contributed by atoms with Gasteiger partial charge >= 0.3 is 0 Å². The number of hydrogen-bond acceptors (Lipinski definition) is 4. The monoisotopic (exact) mass is 322 g/mol. The average Bonchev–Trinajstić information content (AvgIpc) is 3.18. The number of aromatic nitrogens is 2. The molecule has 0 radical (unpaired) electrons. The molecule has 4 nitrogen and oxygen atoms in total. The quantitative estimate of drug-likeness (QED) is 0.900. The highest BCUT2D eigenvalue weighted by atomic mass is 15.3. The molecule has 1 aromatic carbocycles. The molecule has 4 heteroatoms. The van der Waals surface area contributed by atoms with Crippen LogP contribution in [0.1, 0.15) is 44.9 Å². The van der Waals surface area contributed by atoms with Crippen molar-refractivity contribution >= 4 is 11.8 Å². The van der Waals surface area contributed by atoms with Crippen LogP contribution in [-0.2, 0) is 0 Å². The Morgan fingerprint density at radius 1 is 0.875 bits per heavy atom. The second-order valence-corrected chi connectivity index (χ2v) is 6.98. The SMILES string of the molecule is c1ccc(-c2cc(NC3CCCCC3)nc(N3CCCC3)n2)cc1. The van der Waals surface area contributed by atoms with E-state index in [1.54, 1.807) is 0 Å².